The number of aliphatic carboxylic acids is 2. The van der Waals surface area contributed by atoms with Crippen LogP contribution in [0.5, 0.6) is 0 Å². The molecule has 0 aromatic heterocycles. The number of rotatable bonds is 28. The summed E-state index contributed by atoms with van der Waals surface area (Å²) < 4.78 is 0. The van der Waals surface area contributed by atoms with Gasteiger partial charge in [0.2, 0.25) is 41.4 Å². The highest BCUT2D eigenvalue weighted by molar-refractivity contribution is 5.98. The average Bonchev–Trinajstić information content (AvgIpc) is 3.21. The third kappa shape index (κ3) is 18.6. The van der Waals surface area contributed by atoms with Crippen molar-refractivity contribution < 1.29 is 58.5 Å². The fourth-order valence-corrected chi connectivity index (χ4v) is 5.74. The van der Waals surface area contributed by atoms with Gasteiger partial charge >= 0.3 is 11.9 Å². The van der Waals surface area contributed by atoms with E-state index in [0.717, 1.165) is 0 Å². The van der Waals surface area contributed by atoms with Crippen LogP contribution in [0.25, 0.3) is 0 Å². The zero-order chi connectivity index (χ0) is 46.4. The number of nitrogens with one attached hydrogen (secondary N) is 7. The second kappa shape index (κ2) is 27.2. The summed E-state index contributed by atoms with van der Waals surface area (Å²) in [4.78, 5) is 117. The number of carboxylic acids is 2. The number of hydrogen-bond acceptors (Lipinski definition) is 13. The average molecular weight is 865 g/mol. The largest absolute Gasteiger partial charge is 0.481 e. The van der Waals surface area contributed by atoms with Crippen molar-refractivity contribution in [1.29, 1.82) is 0 Å². The fraction of sp³-hybridized carbons (Fsp3) is 0.615. The normalized spacial score (nSPS) is 15.5. The standard InChI is InChI=1S/C39H64N10O12/c1-6-21(4)31(38(59)43-22(5)39(60)61)49-37(58)30(20(2)3)48-35(56)25(12-13-29(51)52)45-36(57)28(18-23-10-8-7-9-11-23)47-34(55)27(15-17-41)46-33(54)26(14-16-40)44-32(53)24(42)19-50/h7-11,20-22,24-28,30-31,50H,6,12-19,40-42H2,1-5H3,(H,43,59)(H,44,53)(H,45,57)(H,46,54)(H,47,55)(H,48,56)(H,49,58)(H,51,52)(H,60,61)/t21-,22-,24-,25-,26-,27+,28-,30-,31+/m0/s1. The number of benzene rings is 1. The van der Waals surface area contributed by atoms with E-state index < -0.39 is 133 Å². The number of aliphatic hydroxyl groups excluding tert-OH is 1. The van der Waals surface area contributed by atoms with Crippen molar-refractivity contribution in [2.45, 2.75) is 121 Å². The third-order valence-corrected chi connectivity index (χ3v) is 9.67. The summed E-state index contributed by atoms with van der Waals surface area (Å²) in [5.74, 6) is -9.68. The van der Waals surface area contributed by atoms with Gasteiger partial charge in [-0.2, -0.15) is 0 Å². The quantitative estimate of drug-likeness (QED) is 0.0386. The van der Waals surface area contributed by atoms with Crippen molar-refractivity contribution in [3.63, 3.8) is 0 Å². The van der Waals surface area contributed by atoms with Gasteiger partial charge in [-0.15, -0.1) is 0 Å². The summed E-state index contributed by atoms with van der Waals surface area (Å²) in [5.41, 5.74) is 17.5. The van der Waals surface area contributed by atoms with Crippen LogP contribution in [0.1, 0.15) is 72.3 Å². The van der Waals surface area contributed by atoms with E-state index in [9.17, 15) is 58.5 Å². The topological polar surface area (TPSA) is 377 Å². The predicted molar refractivity (Wildman–Crippen MR) is 221 cm³/mol. The number of amides is 7. The first kappa shape index (κ1) is 53.3. The summed E-state index contributed by atoms with van der Waals surface area (Å²) >= 11 is 0. The van der Waals surface area contributed by atoms with E-state index >= 15 is 0 Å². The second-order valence-corrected chi connectivity index (χ2v) is 15.0. The minimum Gasteiger partial charge on any atom is -0.481 e. The van der Waals surface area contributed by atoms with E-state index in [1.165, 1.54) is 6.92 Å². The Hall–Kier alpha value is -5.71. The number of aliphatic hydroxyl groups is 1. The lowest BCUT2D eigenvalue weighted by Crippen LogP contribution is -2.61. The Kier molecular flexibility index (Phi) is 23.8. The van der Waals surface area contributed by atoms with E-state index in [1.54, 1.807) is 58.0 Å². The Balaban J connectivity index is 3.45. The van der Waals surface area contributed by atoms with Gasteiger partial charge in [0.05, 0.1) is 6.61 Å². The molecule has 0 heterocycles. The van der Waals surface area contributed by atoms with Crippen molar-refractivity contribution in [3.8, 4) is 0 Å². The molecule has 0 saturated carbocycles. The molecule has 9 atom stereocenters. The molecular formula is C39H64N10O12. The molecule has 0 bridgehead atoms. The van der Waals surface area contributed by atoms with E-state index in [4.69, 9.17) is 17.2 Å². The smallest absolute Gasteiger partial charge is 0.325 e. The first-order valence-electron chi connectivity index (χ1n) is 20.1. The predicted octanol–water partition coefficient (Wildman–Crippen LogP) is -3.69. The van der Waals surface area contributed by atoms with Crippen molar-refractivity contribution in [2.75, 3.05) is 19.7 Å². The Labute approximate surface area is 354 Å². The molecule has 7 amide bonds. The summed E-state index contributed by atoms with van der Waals surface area (Å²) in [7, 11) is 0. The first-order chi connectivity index (χ1) is 28.7. The Bertz CT molecular complexity index is 1650. The van der Waals surface area contributed by atoms with Crippen LogP contribution in [0, 0.1) is 11.8 Å². The van der Waals surface area contributed by atoms with E-state index in [2.05, 4.69) is 37.2 Å². The van der Waals surface area contributed by atoms with Crippen LogP contribution < -0.4 is 54.4 Å². The monoisotopic (exact) mass is 864 g/mol. The molecular weight excluding hydrogens is 800 g/mol. The molecule has 0 spiro atoms. The maximum Gasteiger partial charge on any atom is 0.325 e. The molecule has 61 heavy (non-hydrogen) atoms. The Morgan fingerprint density at radius 1 is 0.590 bits per heavy atom. The Morgan fingerprint density at radius 2 is 1.03 bits per heavy atom. The van der Waals surface area contributed by atoms with E-state index in [-0.39, 0.29) is 32.4 Å². The molecule has 342 valence electrons. The summed E-state index contributed by atoms with van der Waals surface area (Å²) in [5, 5.41) is 45.4. The summed E-state index contributed by atoms with van der Waals surface area (Å²) in [6.07, 6.45) is -0.969. The van der Waals surface area contributed by atoms with Gasteiger partial charge in [-0.1, -0.05) is 64.4 Å². The van der Waals surface area contributed by atoms with Crippen molar-refractivity contribution in [1.82, 2.24) is 37.2 Å². The van der Waals surface area contributed by atoms with Gasteiger partial charge < -0.3 is 69.7 Å². The highest BCUT2D eigenvalue weighted by Crippen LogP contribution is 2.12. The molecule has 0 unspecified atom stereocenters. The SMILES string of the molecule is CC[C@H](C)[C@@H](NC(=O)[C@@H](NC(=O)[C@H](CCC(=O)O)NC(=O)[C@H](Cc1ccccc1)NC(=O)[C@@H](CCN)NC(=O)[C@H](CCN)NC(=O)[C@@H](N)CO)C(C)C)C(=O)N[C@@H](C)C(=O)O. The van der Waals surface area contributed by atoms with Crippen LogP contribution in [-0.4, -0.2) is 137 Å². The molecule has 0 saturated heterocycles. The molecule has 0 aliphatic heterocycles. The van der Waals surface area contributed by atoms with Gasteiger partial charge in [-0.3, -0.25) is 43.2 Å². The van der Waals surface area contributed by atoms with Crippen LogP contribution in [0.2, 0.25) is 0 Å². The molecule has 0 fully saturated rings. The second-order valence-electron chi connectivity index (χ2n) is 15.0. The van der Waals surface area contributed by atoms with Crippen LogP contribution >= 0.6 is 0 Å². The van der Waals surface area contributed by atoms with Gasteiger partial charge in [0.1, 0.15) is 48.3 Å². The minimum absolute atomic E-state index is 0.0529. The van der Waals surface area contributed by atoms with Gasteiger partial charge in [0.25, 0.3) is 0 Å². The number of carbonyl (C=O) groups excluding carboxylic acids is 7. The molecule has 1 aromatic rings. The molecule has 0 aliphatic rings. The number of carbonyl (C=O) groups is 9. The van der Waals surface area contributed by atoms with Crippen molar-refractivity contribution in [3.05, 3.63) is 35.9 Å². The highest BCUT2D eigenvalue weighted by atomic mass is 16.4. The lowest BCUT2D eigenvalue weighted by atomic mass is 9.96. The molecule has 22 heteroatoms. The number of nitrogens with two attached hydrogens (primary N) is 3. The van der Waals surface area contributed by atoms with Crippen LogP contribution in [0.15, 0.2) is 30.3 Å². The molecule has 1 aromatic carbocycles. The Morgan fingerprint density at radius 3 is 1.49 bits per heavy atom. The van der Waals surface area contributed by atoms with Crippen LogP contribution in [0.3, 0.4) is 0 Å². The number of carboxylic acid groups (broad SMARTS) is 2. The first-order valence-corrected chi connectivity index (χ1v) is 20.1. The van der Waals surface area contributed by atoms with Crippen LogP contribution in [-0.2, 0) is 49.6 Å². The minimum atomic E-state index is -1.57. The van der Waals surface area contributed by atoms with Crippen molar-refractivity contribution in [2.24, 2.45) is 29.0 Å². The number of hydrogen-bond donors (Lipinski definition) is 13. The van der Waals surface area contributed by atoms with Crippen LogP contribution in [0.4, 0.5) is 0 Å². The third-order valence-electron chi connectivity index (χ3n) is 9.67. The lowest BCUT2D eigenvalue weighted by Gasteiger charge is -2.30. The van der Waals surface area contributed by atoms with E-state index in [0.29, 0.717) is 12.0 Å². The maximum absolute atomic E-state index is 14.0. The molecule has 0 radical (unpaired) electrons. The van der Waals surface area contributed by atoms with Gasteiger partial charge in [-0.25, -0.2) is 0 Å². The lowest BCUT2D eigenvalue weighted by molar-refractivity contribution is -0.142. The van der Waals surface area contributed by atoms with Gasteiger partial charge in [0, 0.05) is 12.8 Å². The maximum atomic E-state index is 14.0. The zero-order valence-corrected chi connectivity index (χ0v) is 35.3. The molecule has 22 nitrogen and oxygen atoms in total. The van der Waals surface area contributed by atoms with E-state index in [1.807, 2.05) is 0 Å². The van der Waals surface area contributed by atoms with Gasteiger partial charge in [0.15, 0.2) is 0 Å². The molecule has 16 N–H and O–H groups in total. The van der Waals surface area contributed by atoms with Gasteiger partial charge in [-0.05, 0) is 56.7 Å². The fourth-order valence-electron chi connectivity index (χ4n) is 5.74. The summed E-state index contributed by atoms with van der Waals surface area (Å²) in [6.45, 7) is 7.02. The molecule has 1 rings (SSSR count). The summed E-state index contributed by atoms with van der Waals surface area (Å²) in [6, 6.07) is -2.29. The molecule has 0 aliphatic carbocycles. The zero-order valence-electron chi connectivity index (χ0n) is 35.3. The van der Waals surface area contributed by atoms with Crippen molar-refractivity contribution >= 4 is 53.3 Å². The highest BCUT2D eigenvalue weighted by Gasteiger charge is 2.36.